The minimum atomic E-state index is -0.500. The van der Waals surface area contributed by atoms with Crippen molar-refractivity contribution in [3.63, 3.8) is 0 Å². The molecule has 1 aromatic rings. The fourth-order valence-corrected chi connectivity index (χ4v) is 1.88. The van der Waals surface area contributed by atoms with E-state index in [4.69, 9.17) is 10.2 Å². The minimum Gasteiger partial charge on any atom is -0.396 e. The third-order valence-electron chi connectivity index (χ3n) is 1.77. The minimum absolute atomic E-state index is 0.0342. The predicted octanol–water partition coefficient (Wildman–Crippen LogP) is 1.17. The van der Waals surface area contributed by atoms with E-state index in [9.17, 15) is 10.1 Å². The summed E-state index contributed by atoms with van der Waals surface area (Å²) in [6, 6.07) is 4.32. The number of thioether (sulfide) groups is 1. The van der Waals surface area contributed by atoms with Gasteiger partial charge in [-0.3, -0.25) is 10.1 Å². The van der Waals surface area contributed by atoms with Crippen LogP contribution in [0.2, 0.25) is 0 Å². The van der Waals surface area contributed by atoms with Crippen LogP contribution in [0.15, 0.2) is 23.1 Å². The molecule has 0 radical (unpaired) electrons. The van der Waals surface area contributed by atoms with Gasteiger partial charge in [-0.05, 0) is 11.6 Å². The Morgan fingerprint density at radius 1 is 1.40 bits per heavy atom. The number of non-ortho nitro benzene ring substituents is 1. The van der Waals surface area contributed by atoms with Crippen LogP contribution in [-0.4, -0.2) is 27.5 Å². The summed E-state index contributed by atoms with van der Waals surface area (Å²) < 4.78 is 0. The van der Waals surface area contributed by atoms with Crippen LogP contribution in [0.4, 0.5) is 5.69 Å². The lowest BCUT2D eigenvalue weighted by atomic mass is 10.2. The van der Waals surface area contributed by atoms with Crippen molar-refractivity contribution in [3.05, 3.63) is 33.9 Å². The average Bonchev–Trinajstić information content (AvgIpc) is 2.25. The van der Waals surface area contributed by atoms with E-state index < -0.39 is 4.92 Å². The Bertz CT molecular complexity index is 356. The Morgan fingerprint density at radius 3 is 2.67 bits per heavy atom. The molecule has 0 spiro atoms. The number of rotatable bonds is 5. The molecule has 6 heteroatoms. The highest BCUT2D eigenvalue weighted by atomic mass is 32.2. The van der Waals surface area contributed by atoms with Crippen LogP contribution in [0.25, 0.3) is 0 Å². The quantitative estimate of drug-likeness (QED) is 0.450. The Kier molecular flexibility index (Phi) is 4.54. The molecule has 0 aromatic heterocycles. The summed E-state index contributed by atoms with van der Waals surface area (Å²) in [5.41, 5.74) is 0.482. The maximum Gasteiger partial charge on any atom is 0.269 e. The maximum atomic E-state index is 10.5. The number of nitro groups is 1. The SMILES string of the molecule is O=[N+]([O-])c1ccc(SCCO)c(CO)c1. The molecule has 2 N–H and O–H groups in total. The van der Waals surface area contributed by atoms with Gasteiger partial charge >= 0.3 is 0 Å². The number of benzene rings is 1. The lowest BCUT2D eigenvalue weighted by Crippen LogP contribution is -1.94. The van der Waals surface area contributed by atoms with Gasteiger partial charge in [0.15, 0.2) is 0 Å². The third kappa shape index (κ3) is 3.19. The second-order valence-corrected chi connectivity index (χ2v) is 3.92. The summed E-state index contributed by atoms with van der Waals surface area (Å²) in [6.07, 6.45) is 0. The van der Waals surface area contributed by atoms with E-state index in [0.29, 0.717) is 11.3 Å². The highest BCUT2D eigenvalue weighted by molar-refractivity contribution is 7.99. The first-order valence-corrected chi connectivity index (χ1v) is 5.29. The van der Waals surface area contributed by atoms with E-state index in [1.165, 1.54) is 23.9 Å². The molecule has 1 rings (SSSR count). The van der Waals surface area contributed by atoms with Crippen molar-refractivity contribution in [1.82, 2.24) is 0 Å². The van der Waals surface area contributed by atoms with Gasteiger partial charge in [-0.1, -0.05) is 0 Å². The molecule has 0 unspecified atom stereocenters. The van der Waals surface area contributed by atoms with E-state index >= 15 is 0 Å². The molecule has 0 atom stereocenters. The molecule has 5 nitrogen and oxygen atoms in total. The van der Waals surface area contributed by atoms with Crippen molar-refractivity contribution in [2.75, 3.05) is 12.4 Å². The van der Waals surface area contributed by atoms with Gasteiger partial charge in [0.2, 0.25) is 0 Å². The van der Waals surface area contributed by atoms with Crippen molar-refractivity contribution in [2.45, 2.75) is 11.5 Å². The Balaban J connectivity index is 2.93. The first-order valence-electron chi connectivity index (χ1n) is 4.31. The number of nitrogens with zero attached hydrogens (tertiary/aromatic N) is 1. The monoisotopic (exact) mass is 229 g/mol. The van der Waals surface area contributed by atoms with Gasteiger partial charge in [0.1, 0.15) is 0 Å². The van der Waals surface area contributed by atoms with Crippen molar-refractivity contribution < 1.29 is 15.1 Å². The summed E-state index contributed by atoms with van der Waals surface area (Å²) in [7, 11) is 0. The van der Waals surface area contributed by atoms with Crippen molar-refractivity contribution in [1.29, 1.82) is 0 Å². The third-order valence-corrected chi connectivity index (χ3v) is 2.87. The highest BCUT2D eigenvalue weighted by Gasteiger charge is 2.10. The molecule has 0 fully saturated rings. The fourth-order valence-electron chi connectivity index (χ4n) is 1.10. The summed E-state index contributed by atoms with van der Waals surface area (Å²) in [6.45, 7) is -0.206. The molecule has 0 bridgehead atoms. The molecule has 0 amide bonds. The Hall–Kier alpha value is -1.11. The highest BCUT2D eigenvalue weighted by Crippen LogP contribution is 2.26. The van der Waals surface area contributed by atoms with Gasteiger partial charge in [-0.15, -0.1) is 11.8 Å². The summed E-state index contributed by atoms with van der Waals surface area (Å²) in [4.78, 5) is 10.7. The summed E-state index contributed by atoms with van der Waals surface area (Å²) in [5, 5.41) is 28.1. The molecule has 0 aliphatic heterocycles. The lowest BCUT2D eigenvalue weighted by Gasteiger charge is -2.05. The molecule has 15 heavy (non-hydrogen) atoms. The van der Waals surface area contributed by atoms with Gasteiger partial charge in [-0.25, -0.2) is 0 Å². The number of nitro benzene ring substituents is 1. The van der Waals surface area contributed by atoms with Crippen LogP contribution in [0.3, 0.4) is 0 Å². The zero-order valence-electron chi connectivity index (χ0n) is 7.92. The molecule has 0 aliphatic rings. The van der Waals surface area contributed by atoms with Crippen molar-refractivity contribution in [2.24, 2.45) is 0 Å². The van der Waals surface area contributed by atoms with Gasteiger partial charge in [0.25, 0.3) is 5.69 Å². The van der Waals surface area contributed by atoms with Crippen LogP contribution in [0.1, 0.15) is 5.56 Å². The lowest BCUT2D eigenvalue weighted by molar-refractivity contribution is -0.385. The smallest absolute Gasteiger partial charge is 0.269 e. The summed E-state index contributed by atoms with van der Waals surface area (Å²) >= 11 is 1.36. The van der Waals surface area contributed by atoms with Gasteiger partial charge in [0, 0.05) is 22.8 Å². The molecular formula is C9H11NO4S. The number of aliphatic hydroxyl groups is 2. The summed E-state index contributed by atoms with van der Waals surface area (Å²) in [5.74, 6) is 0.505. The molecule has 82 valence electrons. The largest absolute Gasteiger partial charge is 0.396 e. The van der Waals surface area contributed by atoms with Crippen molar-refractivity contribution in [3.8, 4) is 0 Å². The Labute approximate surface area is 90.9 Å². The average molecular weight is 229 g/mol. The van der Waals surface area contributed by atoms with Crippen molar-refractivity contribution >= 4 is 17.4 Å². The van der Waals surface area contributed by atoms with Gasteiger partial charge in [0.05, 0.1) is 18.1 Å². The van der Waals surface area contributed by atoms with E-state index in [-0.39, 0.29) is 18.9 Å². The van der Waals surface area contributed by atoms with Crippen LogP contribution in [0, 0.1) is 10.1 Å². The standard InChI is InChI=1S/C9H11NO4S/c11-3-4-15-9-2-1-8(10(13)14)5-7(9)6-12/h1-2,5,11-12H,3-4,6H2. The molecule has 1 aromatic carbocycles. The maximum absolute atomic E-state index is 10.5. The van der Waals surface area contributed by atoms with Crippen LogP contribution >= 0.6 is 11.8 Å². The van der Waals surface area contributed by atoms with Crippen LogP contribution < -0.4 is 0 Å². The zero-order chi connectivity index (χ0) is 11.3. The second-order valence-electron chi connectivity index (χ2n) is 2.78. The topological polar surface area (TPSA) is 83.6 Å². The normalized spacial score (nSPS) is 10.3. The first-order chi connectivity index (χ1) is 7.19. The first kappa shape index (κ1) is 12.0. The predicted molar refractivity (Wildman–Crippen MR) is 56.8 cm³/mol. The van der Waals surface area contributed by atoms with E-state index in [0.717, 1.165) is 4.90 Å². The fraction of sp³-hybridized carbons (Fsp3) is 0.333. The van der Waals surface area contributed by atoms with Gasteiger partial charge in [-0.2, -0.15) is 0 Å². The molecule has 0 saturated carbocycles. The van der Waals surface area contributed by atoms with E-state index in [1.54, 1.807) is 6.07 Å². The van der Waals surface area contributed by atoms with Gasteiger partial charge < -0.3 is 10.2 Å². The second kappa shape index (κ2) is 5.69. The number of hydrogen-bond acceptors (Lipinski definition) is 5. The molecule has 0 heterocycles. The van der Waals surface area contributed by atoms with E-state index in [2.05, 4.69) is 0 Å². The van der Waals surface area contributed by atoms with Crippen LogP contribution in [0.5, 0.6) is 0 Å². The number of aliphatic hydroxyl groups excluding tert-OH is 2. The Morgan fingerprint density at radius 2 is 2.13 bits per heavy atom. The van der Waals surface area contributed by atoms with Crippen LogP contribution in [-0.2, 0) is 6.61 Å². The molecule has 0 aliphatic carbocycles. The molecular weight excluding hydrogens is 218 g/mol. The zero-order valence-corrected chi connectivity index (χ0v) is 8.74. The van der Waals surface area contributed by atoms with E-state index in [1.807, 2.05) is 0 Å². The number of hydrogen-bond donors (Lipinski definition) is 2. The molecule has 0 saturated heterocycles.